The van der Waals surface area contributed by atoms with E-state index in [2.05, 4.69) is 97.1 Å². The molecule has 0 unspecified atom stereocenters. The van der Waals surface area contributed by atoms with E-state index in [1.54, 1.807) is 0 Å². The van der Waals surface area contributed by atoms with Crippen molar-refractivity contribution in [2.45, 2.75) is 43.2 Å². The molecule has 0 radical (unpaired) electrons. The summed E-state index contributed by atoms with van der Waals surface area (Å²) in [6.07, 6.45) is -2.33. The second kappa shape index (κ2) is 19.3. The molecule has 6 aromatic carbocycles. The van der Waals surface area contributed by atoms with E-state index in [0.29, 0.717) is 11.5 Å². The molecule has 0 aromatic heterocycles. The van der Waals surface area contributed by atoms with Crippen LogP contribution in [0.3, 0.4) is 0 Å². The van der Waals surface area contributed by atoms with Crippen molar-refractivity contribution in [2.75, 3.05) is 0 Å². The molecule has 6 aromatic rings. The van der Waals surface area contributed by atoms with Gasteiger partial charge in [-0.2, -0.15) is 0 Å². The van der Waals surface area contributed by atoms with Crippen LogP contribution in [0.25, 0.3) is 0 Å². The highest BCUT2D eigenvalue weighted by Gasteiger charge is 2.29. The van der Waals surface area contributed by atoms with Crippen molar-refractivity contribution < 1.29 is 34.1 Å². The maximum atomic E-state index is 11.1. The molecule has 0 heterocycles. The smallest absolute Gasteiger partial charge is 0.308 e. The molecule has 50 heavy (non-hydrogen) atoms. The van der Waals surface area contributed by atoms with E-state index in [1.165, 1.54) is 43.2 Å². The summed E-state index contributed by atoms with van der Waals surface area (Å²) in [5.74, 6) is 0.544. The van der Waals surface area contributed by atoms with Gasteiger partial charge in [0.05, 0.1) is 21.8 Å². The lowest BCUT2D eigenvalue weighted by Crippen LogP contribution is -2.37. The number of hydrogen-bond acceptors (Lipinski definition) is 7. The van der Waals surface area contributed by atoms with Crippen LogP contribution < -0.4 is 19.7 Å². The van der Waals surface area contributed by atoms with Gasteiger partial charge in [0.25, 0.3) is 0 Å². The molecule has 0 fully saturated rings. The fourth-order valence-corrected chi connectivity index (χ4v) is 8.83. The zero-order chi connectivity index (χ0) is 35.7. The Morgan fingerprint density at radius 2 is 0.580 bits per heavy atom. The minimum Gasteiger partial charge on any atom is -0.652 e. The van der Waals surface area contributed by atoms with Gasteiger partial charge in [-0.05, 0) is 103 Å². The first-order chi connectivity index (χ1) is 24.2. The van der Waals surface area contributed by atoms with Crippen LogP contribution >= 0.6 is 0 Å². The number of ether oxygens (including phenoxy) is 2. The van der Waals surface area contributed by atoms with Gasteiger partial charge in [0, 0.05) is 13.8 Å². The van der Waals surface area contributed by atoms with E-state index < -0.39 is 6.16 Å². The lowest BCUT2D eigenvalue weighted by atomic mass is 10.3. The Hall–Kier alpha value is -5.77. The number of rotatable bonds is 8. The number of carbonyl (C=O) groups is 3. The van der Waals surface area contributed by atoms with E-state index in [9.17, 15) is 9.59 Å². The zero-order valence-corrected chi connectivity index (χ0v) is 29.0. The molecular formula is C41H34O7S2. The molecule has 6 rings (SSSR count). The fourth-order valence-electron chi connectivity index (χ4n) is 4.66. The normalized spacial score (nSPS) is 10.2. The number of esters is 2. The highest BCUT2D eigenvalue weighted by Crippen LogP contribution is 2.33. The highest BCUT2D eigenvalue weighted by atomic mass is 32.2. The number of benzene rings is 6. The highest BCUT2D eigenvalue weighted by molar-refractivity contribution is 7.97. The van der Waals surface area contributed by atoms with Gasteiger partial charge in [-0.15, -0.1) is 0 Å². The third-order valence-electron chi connectivity index (χ3n) is 6.56. The molecule has 0 saturated heterocycles. The van der Waals surface area contributed by atoms with Crippen LogP contribution in [0.1, 0.15) is 13.8 Å². The van der Waals surface area contributed by atoms with Crippen molar-refractivity contribution in [3.8, 4) is 11.5 Å². The van der Waals surface area contributed by atoms with Crippen LogP contribution in [-0.4, -0.2) is 18.1 Å². The molecule has 7 nitrogen and oxygen atoms in total. The Labute approximate surface area is 297 Å². The molecule has 9 heteroatoms. The third kappa shape index (κ3) is 11.7. The molecule has 0 aliphatic rings. The van der Waals surface area contributed by atoms with Crippen molar-refractivity contribution >= 4 is 39.9 Å². The first-order valence-corrected chi connectivity index (χ1v) is 17.8. The maximum absolute atomic E-state index is 11.1. The lowest BCUT2D eigenvalue weighted by molar-refractivity contribution is -0.415. The Morgan fingerprint density at radius 3 is 0.780 bits per heavy atom. The largest absolute Gasteiger partial charge is 0.652 e. The van der Waals surface area contributed by atoms with Crippen molar-refractivity contribution in [3.63, 3.8) is 0 Å². The molecule has 0 bridgehead atoms. The number of carboxylic acid groups (broad SMARTS) is 2. The minimum atomic E-state index is -2.33. The number of carbonyl (C=O) groups excluding carboxylic acids is 3. The Kier molecular flexibility index (Phi) is 14.3. The quantitative estimate of drug-likeness (QED) is 0.0956. The lowest BCUT2D eigenvalue weighted by Gasteiger charge is -2.08. The van der Waals surface area contributed by atoms with Crippen LogP contribution in [0.15, 0.2) is 199 Å². The summed E-state index contributed by atoms with van der Waals surface area (Å²) in [4.78, 5) is 37.9. The first kappa shape index (κ1) is 37.1. The van der Waals surface area contributed by atoms with Gasteiger partial charge in [0.15, 0.2) is 29.4 Å². The summed E-state index contributed by atoms with van der Waals surface area (Å²) in [6.45, 7) is 2.82. The number of hydrogen-bond donors (Lipinski definition) is 0. The average molecular weight is 703 g/mol. The molecule has 0 N–H and O–H groups in total. The predicted octanol–water partition coefficient (Wildman–Crippen LogP) is 6.97. The molecule has 0 aliphatic heterocycles. The van der Waals surface area contributed by atoms with Gasteiger partial charge < -0.3 is 24.5 Å². The zero-order valence-electron chi connectivity index (χ0n) is 27.3. The van der Waals surface area contributed by atoms with Crippen molar-refractivity contribution in [3.05, 3.63) is 170 Å². The monoisotopic (exact) mass is 702 g/mol. The molecule has 252 valence electrons. The van der Waals surface area contributed by atoms with E-state index in [1.807, 2.05) is 72.8 Å². The Bertz CT molecular complexity index is 1700. The van der Waals surface area contributed by atoms with Crippen LogP contribution in [0, 0.1) is 0 Å². The second-order valence-corrected chi connectivity index (χ2v) is 14.3. The van der Waals surface area contributed by atoms with E-state index in [4.69, 9.17) is 24.5 Å². The summed E-state index contributed by atoms with van der Waals surface area (Å²) in [5, 5.41) is 16.7. The van der Waals surface area contributed by atoms with Crippen molar-refractivity contribution in [2.24, 2.45) is 0 Å². The van der Waals surface area contributed by atoms with Crippen molar-refractivity contribution in [1.29, 1.82) is 0 Å². The molecule has 0 saturated carbocycles. The average Bonchev–Trinajstić information content (AvgIpc) is 3.12. The standard InChI is InChI=1S/2C20H17O2S.CH2O3/c2*1-16(21)22-17-12-14-20(15-13-17)23(18-8-4-2-5-9-18)19-10-6-3-7-11-19;2-1(3)4/h2*2-15H,1H3;(H2,2,3,4)/q2*+1;/p-2. The molecule has 0 atom stereocenters. The molecular weight excluding hydrogens is 669 g/mol. The first-order valence-electron chi connectivity index (χ1n) is 15.3. The summed E-state index contributed by atoms with van der Waals surface area (Å²) in [6, 6.07) is 57.3. The molecule has 0 amide bonds. The van der Waals surface area contributed by atoms with E-state index in [0.717, 1.165) is 0 Å². The molecule has 0 spiro atoms. The minimum absolute atomic E-state index is 0.176. The van der Waals surface area contributed by atoms with Gasteiger partial charge >= 0.3 is 11.9 Å². The second-order valence-electron chi connectivity index (χ2n) is 10.2. The van der Waals surface area contributed by atoms with Gasteiger partial charge in [0.1, 0.15) is 11.5 Å². The van der Waals surface area contributed by atoms with Crippen LogP contribution in [-0.2, 0) is 31.4 Å². The summed E-state index contributed by atoms with van der Waals surface area (Å²) in [7, 11) is -0.352. The van der Waals surface area contributed by atoms with E-state index >= 15 is 0 Å². The summed E-state index contributed by atoms with van der Waals surface area (Å²) in [5.41, 5.74) is 0. The van der Waals surface area contributed by atoms with Gasteiger partial charge in [-0.1, -0.05) is 72.8 Å². The SMILES string of the molecule is CC(=O)Oc1ccc([S+](c2ccccc2)c2ccccc2)cc1.CC(=O)Oc1ccc([S+](c2ccccc2)c2ccccc2)cc1.O=C([O-])[O-]. The van der Waals surface area contributed by atoms with Crippen molar-refractivity contribution in [1.82, 2.24) is 0 Å². The van der Waals surface area contributed by atoms with Crippen LogP contribution in [0.2, 0.25) is 0 Å². The Morgan fingerprint density at radius 1 is 0.380 bits per heavy atom. The van der Waals surface area contributed by atoms with Gasteiger partial charge in [-0.25, -0.2) is 0 Å². The van der Waals surface area contributed by atoms with E-state index in [-0.39, 0.29) is 33.7 Å². The topological polar surface area (TPSA) is 116 Å². The summed E-state index contributed by atoms with van der Waals surface area (Å²) < 4.78 is 10.2. The van der Waals surface area contributed by atoms with Crippen LogP contribution in [0.5, 0.6) is 11.5 Å². The summed E-state index contributed by atoms with van der Waals surface area (Å²) >= 11 is 0. The third-order valence-corrected chi connectivity index (χ3v) is 11.0. The fraction of sp³-hybridized carbons (Fsp3) is 0.0488. The maximum Gasteiger partial charge on any atom is 0.308 e. The molecule has 0 aliphatic carbocycles. The van der Waals surface area contributed by atoms with Gasteiger partial charge in [-0.3, -0.25) is 9.59 Å². The predicted molar refractivity (Wildman–Crippen MR) is 191 cm³/mol. The van der Waals surface area contributed by atoms with Gasteiger partial charge in [0.2, 0.25) is 0 Å². The Balaban J connectivity index is 0.000000203. The van der Waals surface area contributed by atoms with Crippen LogP contribution in [0.4, 0.5) is 4.79 Å².